The molecule has 1 aliphatic heterocycles. The van der Waals surface area contributed by atoms with Gasteiger partial charge in [0.05, 0.1) is 4.90 Å². The standard InChI is InChI=1S/C33H38N2O2S/c1-24-15-25(2)18-28(17-24)22-34-13-11-32(12-14-34)35(23-29-19-26(3)16-27(4)20-29)38(36,37)33-10-9-30-7-5-6-8-31(30)21-33/h5-10,15-21,32H,11-14,22-23H2,1-4H3. The summed E-state index contributed by atoms with van der Waals surface area (Å²) in [4.78, 5) is 2.83. The minimum absolute atomic E-state index is 0.0391. The molecular weight excluding hydrogens is 488 g/mol. The van der Waals surface area contributed by atoms with Crippen LogP contribution in [0, 0.1) is 27.7 Å². The first-order valence-electron chi connectivity index (χ1n) is 13.5. The summed E-state index contributed by atoms with van der Waals surface area (Å²) in [5.41, 5.74) is 7.27. The van der Waals surface area contributed by atoms with Gasteiger partial charge in [0.15, 0.2) is 0 Å². The molecule has 38 heavy (non-hydrogen) atoms. The summed E-state index contributed by atoms with van der Waals surface area (Å²) >= 11 is 0. The lowest BCUT2D eigenvalue weighted by Gasteiger charge is -2.38. The van der Waals surface area contributed by atoms with Crippen LogP contribution < -0.4 is 0 Å². The summed E-state index contributed by atoms with van der Waals surface area (Å²) in [6, 6.07) is 26.5. The zero-order chi connectivity index (χ0) is 26.9. The number of likely N-dealkylation sites (tertiary alicyclic amines) is 1. The number of benzene rings is 4. The lowest BCUT2D eigenvalue weighted by Crippen LogP contribution is -2.46. The van der Waals surface area contributed by atoms with Gasteiger partial charge in [-0.3, -0.25) is 4.90 Å². The fourth-order valence-corrected chi connectivity index (χ4v) is 7.71. The highest BCUT2D eigenvalue weighted by Crippen LogP contribution is 2.29. The van der Waals surface area contributed by atoms with Gasteiger partial charge in [-0.15, -0.1) is 0 Å². The third kappa shape index (κ3) is 6.01. The first-order chi connectivity index (χ1) is 18.2. The zero-order valence-corrected chi connectivity index (χ0v) is 23.8. The topological polar surface area (TPSA) is 40.6 Å². The molecule has 0 aromatic heterocycles. The van der Waals surface area contributed by atoms with E-state index in [1.807, 2.05) is 36.4 Å². The van der Waals surface area contributed by atoms with Crippen LogP contribution in [0.2, 0.25) is 0 Å². The van der Waals surface area contributed by atoms with Crippen molar-refractivity contribution in [3.05, 3.63) is 112 Å². The Morgan fingerprint density at radius 1 is 0.711 bits per heavy atom. The van der Waals surface area contributed by atoms with E-state index in [9.17, 15) is 8.42 Å². The van der Waals surface area contributed by atoms with Gasteiger partial charge in [0.25, 0.3) is 0 Å². The normalized spacial score (nSPS) is 15.4. The Morgan fingerprint density at radius 2 is 1.26 bits per heavy atom. The van der Waals surface area contributed by atoms with Gasteiger partial charge in [-0.25, -0.2) is 8.42 Å². The summed E-state index contributed by atoms with van der Waals surface area (Å²) in [6.45, 7) is 11.5. The second kappa shape index (κ2) is 11.0. The average molecular weight is 527 g/mol. The minimum Gasteiger partial charge on any atom is -0.299 e. The molecule has 0 radical (unpaired) electrons. The molecule has 198 valence electrons. The quantitative estimate of drug-likeness (QED) is 0.262. The van der Waals surface area contributed by atoms with Crippen LogP contribution in [0.15, 0.2) is 83.8 Å². The first-order valence-corrected chi connectivity index (χ1v) is 15.0. The minimum atomic E-state index is -3.69. The Morgan fingerprint density at radius 3 is 1.87 bits per heavy atom. The molecule has 4 aromatic carbocycles. The van der Waals surface area contributed by atoms with Crippen LogP contribution in [0.4, 0.5) is 0 Å². The van der Waals surface area contributed by atoms with E-state index in [1.165, 1.54) is 16.7 Å². The molecule has 0 N–H and O–H groups in total. The van der Waals surface area contributed by atoms with Crippen molar-refractivity contribution >= 4 is 20.8 Å². The van der Waals surface area contributed by atoms with E-state index < -0.39 is 10.0 Å². The highest BCUT2D eigenvalue weighted by atomic mass is 32.2. The molecule has 4 nitrogen and oxygen atoms in total. The van der Waals surface area contributed by atoms with Crippen molar-refractivity contribution in [3.63, 3.8) is 0 Å². The highest BCUT2D eigenvalue weighted by Gasteiger charge is 2.34. The molecule has 0 amide bonds. The van der Waals surface area contributed by atoms with Gasteiger partial charge in [0, 0.05) is 32.2 Å². The molecule has 0 spiro atoms. The number of sulfonamides is 1. The van der Waals surface area contributed by atoms with Crippen molar-refractivity contribution in [1.82, 2.24) is 9.21 Å². The van der Waals surface area contributed by atoms with Crippen LogP contribution in [-0.4, -0.2) is 36.8 Å². The second-order valence-electron chi connectivity index (χ2n) is 11.1. The van der Waals surface area contributed by atoms with Gasteiger partial charge < -0.3 is 0 Å². The fraction of sp³-hybridized carbons (Fsp3) is 0.333. The molecule has 0 saturated carbocycles. The van der Waals surface area contributed by atoms with Crippen LogP contribution in [0.25, 0.3) is 10.8 Å². The second-order valence-corrected chi connectivity index (χ2v) is 12.9. The number of nitrogens with zero attached hydrogens (tertiary/aromatic N) is 2. The number of rotatable bonds is 7. The van der Waals surface area contributed by atoms with E-state index in [4.69, 9.17) is 0 Å². The van der Waals surface area contributed by atoms with Gasteiger partial charge >= 0.3 is 0 Å². The van der Waals surface area contributed by atoms with Crippen LogP contribution in [0.1, 0.15) is 46.2 Å². The Bertz CT molecular complexity index is 1510. The van der Waals surface area contributed by atoms with Crippen LogP contribution in [-0.2, 0) is 23.1 Å². The zero-order valence-electron chi connectivity index (χ0n) is 22.9. The lowest BCUT2D eigenvalue weighted by molar-refractivity contribution is 0.150. The largest absolute Gasteiger partial charge is 0.299 e. The van der Waals surface area contributed by atoms with E-state index in [-0.39, 0.29) is 6.04 Å². The van der Waals surface area contributed by atoms with Gasteiger partial charge in [0.1, 0.15) is 0 Å². The van der Waals surface area contributed by atoms with Crippen molar-refractivity contribution < 1.29 is 8.42 Å². The van der Waals surface area contributed by atoms with Gasteiger partial charge in [-0.1, -0.05) is 89.0 Å². The molecule has 5 heteroatoms. The Hall–Kier alpha value is -2.99. The molecule has 1 aliphatic rings. The molecule has 1 fully saturated rings. The van der Waals surface area contributed by atoms with Crippen molar-refractivity contribution in [2.75, 3.05) is 13.1 Å². The van der Waals surface area contributed by atoms with E-state index in [0.717, 1.165) is 59.9 Å². The first kappa shape index (κ1) is 26.6. The Labute approximate surface area is 228 Å². The van der Waals surface area contributed by atoms with Crippen LogP contribution >= 0.6 is 0 Å². The number of hydrogen-bond acceptors (Lipinski definition) is 3. The summed E-state index contributed by atoms with van der Waals surface area (Å²) in [7, 11) is -3.69. The maximum absolute atomic E-state index is 14.2. The predicted octanol–water partition coefficient (Wildman–Crippen LogP) is 6.93. The number of hydrogen-bond donors (Lipinski definition) is 0. The van der Waals surface area contributed by atoms with E-state index in [0.29, 0.717) is 11.4 Å². The van der Waals surface area contributed by atoms with E-state index in [2.05, 4.69) is 69.0 Å². The summed E-state index contributed by atoms with van der Waals surface area (Å²) < 4.78 is 30.2. The number of fused-ring (bicyclic) bond motifs is 1. The van der Waals surface area contributed by atoms with E-state index in [1.54, 1.807) is 10.4 Å². The lowest BCUT2D eigenvalue weighted by atomic mass is 10.0. The van der Waals surface area contributed by atoms with Crippen molar-refractivity contribution in [3.8, 4) is 0 Å². The number of piperidine rings is 1. The summed E-state index contributed by atoms with van der Waals surface area (Å²) in [5.74, 6) is 0. The molecule has 0 unspecified atom stereocenters. The Balaban J connectivity index is 1.41. The molecule has 1 heterocycles. The number of aryl methyl sites for hydroxylation is 4. The molecule has 0 bridgehead atoms. The van der Waals surface area contributed by atoms with Gasteiger partial charge in [-0.05, 0) is 74.6 Å². The third-order valence-electron chi connectivity index (χ3n) is 7.60. The van der Waals surface area contributed by atoms with Crippen molar-refractivity contribution in [2.45, 2.75) is 64.6 Å². The molecule has 4 aromatic rings. The van der Waals surface area contributed by atoms with Crippen molar-refractivity contribution in [2.24, 2.45) is 0 Å². The SMILES string of the molecule is Cc1cc(C)cc(CN2CCC(N(Cc3cc(C)cc(C)c3)S(=O)(=O)c3ccc4ccccc4c3)CC2)c1. The summed E-state index contributed by atoms with van der Waals surface area (Å²) in [5, 5.41) is 2.00. The van der Waals surface area contributed by atoms with Gasteiger partial charge in [-0.2, -0.15) is 4.31 Å². The summed E-state index contributed by atoms with van der Waals surface area (Å²) in [6.07, 6.45) is 1.64. The maximum atomic E-state index is 14.2. The van der Waals surface area contributed by atoms with Crippen molar-refractivity contribution in [1.29, 1.82) is 0 Å². The van der Waals surface area contributed by atoms with Gasteiger partial charge in [0.2, 0.25) is 10.0 Å². The Kier molecular flexibility index (Phi) is 7.71. The smallest absolute Gasteiger partial charge is 0.243 e. The highest BCUT2D eigenvalue weighted by molar-refractivity contribution is 7.89. The molecule has 1 saturated heterocycles. The molecule has 0 aliphatic carbocycles. The molecular formula is C33H38N2O2S. The van der Waals surface area contributed by atoms with Crippen LogP contribution in [0.5, 0.6) is 0 Å². The van der Waals surface area contributed by atoms with E-state index >= 15 is 0 Å². The predicted molar refractivity (Wildman–Crippen MR) is 157 cm³/mol. The average Bonchev–Trinajstić information content (AvgIpc) is 2.86. The molecule has 0 atom stereocenters. The van der Waals surface area contributed by atoms with Crippen LogP contribution in [0.3, 0.4) is 0 Å². The molecule has 5 rings (SSSR count). The maximum Gasteiger partial charge on any atom is 0.243 e. The third-order valence-corrected chi connectivity index (χ3v) is 9.49. The monoisotopic (exact) mass is 526 g/mol. The fourth-order valence-electron chi connectivity index (χ4n) is 6.00.